The van der Waals surface area contributed by atoms with E-state index in [-0.39, 0.29) is 37.6 Å². The number of nitrogens with zero attached hydrogens (tertiary/aromatic N) is 3. The molecule has 368 valence electrons. The predicted molar refractivity (Wildman–Crippen MR) is 247 cm³/mol. The molecule has 3 aromatic rings. The molecule has 1 unspecified atom stereocenters. The van der Waals surface area contributed by atoms with E-state index in [2.05, 4.69) is 9.62 Å². The van der Waals surface area contributed by atoms with Crippen molar-refractivity contribution in [3.8, 4) is 22.9 Å². The number of alkyl halides is 3. The van der Waals surface area contributed by atoms with Gasteiger partial charge in [-0.05, 0) is 112 Å². The molecule has 7 atom stereocenters. The van der Waals surface area contributed by atoms with Crippen LogP contribution in [0.3, 0.4) is 0 Å². The molecule has 2 saturated heterocycles. The summed E-state index contributed by atoms with van der Waals surface area (Å²) in [7, 11) is -2.40. The lowest BCUT2D eigenvalue weighted by Crippen LogP contribution is -2.48. The summed E-state index contributed by atoms with van der Waals surface area (Å²) in [6.45, 7) is 7.90. The van der Waals surface area contributed by atoms with E-state index in [4.69, 9.17) is 23.9 Å². The Labute approximate surface area is 395 Å². The topological polar surface area (TPSA) is 171 Å². The Kier molecular flexibility index (Phi) is 14.0. The standard InChI is InChI=1S/C50H61F3N4O10S/c1-30-8-6-7-9-34-27-49(34,47(61)55-68(62,63)38-15-16-38)28-43(58)42-25-37(29-57(42)46(60)40(31(2)22-30)26-44(59)67-48(3,4)50(51,52)53)66-45-39-17-14-36(64-5)23-33(39)24-41(54-45)32-10-12-35(13-11-32)56-18-20-65-21-19-56/h7,9-14,17,23-24,30-31,34,37-38,40,42H,6,8,15-16,18-22,25-29H2,1-5H3,(H,55,61)/b9-7-/t30-,31-,34-,37?,40+,42+,49-/m1/s1. The van der Waals surface area contributed by atoms with E-state index < -0.39 is 92.4 Å². The third kappa shape index (κ3) is 10.7. The van der Waals surface area contributed by atoms with Crippen molar-refractivity contribution < 1.29 is 59.7 Å². The van der Waals surface area contributed by atoms with E-state index in [1.54, 1.807) is 26.2 Å². The second kappa shape index (κ2) is 19.3. The van der Waals surface area contributed by atoms with Crippen molar-refractivity contribution in [2.75, 3.05) is 44.9 Å². The van der Waals surface area contributed by atoms with Gasteiger partial charge in [0.1, 0.15) is 11.9 Å². The number of carbonyl (C=O) groups excluding carboxylic acids is 4. The van der Waals surface area contributed by atoms with Gasteiger partial charge in [0.2, 0.25) is 33.3 Å². The summed E-state index contributed by atoms with van der Waals surface area (Å²) in [6.07, 6.45) is -0.316. The summed E-state index contributed by atoms with van der Waals surface area (Å²) in [5.41, 5.74) is -1.80. The molecule has 0 spiro atoms. The molecule has 5 aliphatic rings. The number of hydrogen-bond donors (Lipinski definition) is 1. The first kappa shape index (κ1) is 49.2. The Morgan fingerprint density at radius 1 is 0.985 bits per heavy atom. The SMILES string of the molecule is COc1ccc2c(OC3C[C@H]4C(=O)C[C@]5(C(=O)NS(=O)(=O)C6CC6)C[C@H]5/C=C\CC[C@@H](C)C[C@@H](C)[C@H](CC(=O)OC(C)(C)C(F)(F)F)C(=O)N4C3)nc(-c3ccc(N4CCOCC4)cc3)cc2c1. The lowest BCUT2D eigenvalue weighted by atomic mass is 9.82. The zero-order valence-corrected chi connectivity index (χ0v) is 40.0. The predicted octanol–water partition coefficient (Wildman–Crippen LogP) is 7.57. The lowest BCUT2D eigenvalue weighted by Gasteiger charge is -2.33. The van der Waals surface area contributed by atoms with Crippen LogP contribution in [-0.2, 0) is 38.7 Å². The number of Topliss-reactive ketones (excluding diaryl/α,β-unsaturated/α-hetero) is 1. The van der Waals surface area contributed by atoms with Crippen LogP contribution in [0.15, 0.2) is 60.7 Å². The normalized spacial score (nSPS) is 27.9. The Morgan fingerprint density at radius 2 is 1.71 bits per heavy atom. The number of esters is 1. The minimum atomic E-state index is -4.88. The molecule has 14 nitrogen and oxygen atoms in total. The number of methoxy groups -OCH3 is 1. The number of anilines is 1. The van der Waals surface area contributed by atoms with Gasteiger partial charge in [-0.2, -0.15) is 13.2 Å². The number of ketones is 1. The number of benzene rings is 2. The first-order valence-corrected chi connectivity index (χ1v) is 25.2. The summed E-state index contributed by atoms with van der Waals surface area (Å²) >= 11 is 0. The molecule has 3 aliphatic heterocycles. The maximum atomic E-state index is 15.1. The fraction of sp³-hybridized carbons (Fsp3) is 0.580. The first-order chi connectivity index (χ1) is 32.2. The number of sulfonamides is 1. The Balaban J connectivity index is 1.14. The van der Waals surface area contributed by atoms with Crippen molar-refractivity contribution in [3.63, 3.8) is 0 Å². The fourth-order valence-corrected chi connectivity index (χ4v) is 11.3. The number of nitrogens with one attached hydrogen (secondary N) is 1. The van der Waals surface area contributed by atoms with Gasteiger partial charge < -0.3 is 28.7 Å². The van der Waals surface area contributed by atoms with E-state index >= 15 is 4.79 Å². The highest BCUT2D eigenvalue weighted by Crippen LogP contribution is 2.57. The highest BCUT2D eigenvalue weighted by Gasteiger charge is 2.62. The molecular formula is C50H61F3N4O10S. The molecule has 0 radical (unpaired) electrons. The largest absolute Gasteiger partial charge is 0.497 e. The number of allylic oxidation sites excluding steroid dienone is 2. The zero-order chi connectivity index (χ0) is 48.8. The van der Waals surface area contributed by atoms with Crippen molar-refractivity contribution in [1.82, 2.24) is 14.6 Å². The number of aromatic nitrogens is 1. The number of rotatable bonds is 11. The van der Waals surface area contributed by atoms with E-state index in [9.17, 15) is 36.0 Å². The van der Waals surface area contributed by atoms with E-state index in [1.165, 1.54) is 4.90 Å². The number of halogens is 3. The number of pyridine rings is 1. The second-order valence-electron chi connectivity index (χ2n) is 19.9. The van der Waals surface area contributed by atoms with Gasteiger partial charge in [0.15, 0.2) is 5.78 Å². The minimum Gasteiger partial charge on any atom is -0.497 e. The molecule has 18 heteroatoms. The third-order valence-corrected chi connectivity index (χ3v) is 16.2. The Hall–Kier alpha value is -5.23. The van der Waals surface area contributed by atoms with E-state index in [0.717, 1.165) is 43.6 Å². The van der Waals surface area contributed by atoms with Gasteiger partial charge in [0, 0.05) is 42.6 Å². The van der Waals surface area contributed by atoms with Gasteiger partial charge in [0.25, 0.3) is 0 Å². The molecule has 2 saturated carbocycles. The van der Waals surface area contributed by atoms with Crippen LogP contribution in [-0.4, -0.2) is 111 Å². The van der Waals surface area contributed by atoms with Gasteiger partial charge in [-0.1, -0.05) is 38.1 Å². The maximum absolute atomic E-state index is 15.1. The number of hydrogen-bond acceptors (Lipinski definition) is 12. The highest BCUT2D eigenvalue weighted by molar-refractivity contribution is 7.90. The molecule has 2 amide bonds. The Bertz CT molecular complexity index is 2540. The molecule has 0 bridgehead atoms. The summed E-state index contributed by atoms with van der Waals surface area (Å²) in [4.78, 5) is 66.1. The number of ether oxygens (including phenoxy) is 4. The molecule has 4 fully saturated rings. The summed E-state index contributed by atoms with van der Waals surface area (Å²) < 4.78 is 93.0. The molecule has 2 aliphatic carbocycles. The molecule has 68 heavy (non-hydrogen) atoms. The number of morpholine rings is 1. The average molecular weight is 967 g/mol. The van der Waals surface area contributed by atoms with Crippen LogP contribution in [0.4, 0.5) is 18.9 Å². The number of carbonyl (C=O) groups is 4. The van der Waals surface area contributed by atoms with E-state index in [0.29, 0.717) is 62.1 Å². The number of amides is 2. The van der Waals surface area contributed by atoms with Crippen molar-refractivity contribution in [2.45, 2.75) is 115 Å². The van der Waals surface area contributed by atoms with Crippen LogP contribution in [0.25, 0.3) is 22.0 Å². The van der Waals surface area contributed by atoms with Crippen LogP contribution >= 0.6 is 0 Å². The van der Waals surface area contributed by atoms with Gasteiger partial charge in [-0.15, -0.1) is 0 Å². The monoisotopic (exact) mass is 966 g/mol. The Morgan fingerprint density at radius 3 is 2.38 bits per heavy atom. The average Bonchev–Trinajstić information content (AvgIpc) is 4.23. The van der Waals surface area contributed by atoms with E-state index in [1.807, 2.05) is 55.5 Å². The van der Waals surface area contributed by atoms with Gasteiger partial charge >= 0.3 is 12.1 Å². The second-order valence-corrected chi connectivity index (χ2v) is 21.9. The van der Waals surface area contributed by atoms with Gasteiger partial charge in [0.05, 0.1) is 61.6 Å². The maximum Gasteiger partial charge on any atom is 0.427 e. The summed E-state index contributed by atoms with van der Waals surface area (Å²) in [5.74, 6) is -4.47. The number of fused-ring (bicyclic) bond motifs is 3. The summed E-state index contributed by atoms with van der Waals surface area (Å²) in [5, 5.41) is 0.686. The highest BCUT2D eigenvalue weighted by atomic mass is 32.2. The fourth-order valence-electron chi connectivity index (χ4n) is 9.94. The van der Waals surface area contributed by atoms with Gasteiger partial charge in [-0.3, -0.25) is 23.9 Å². The van der Waals surface area contributed by atoms with Crippen LogP contribution in [0, 0.1) is 29.1 Å². The minimum absolute atomic E-state index is 0.00146. The van der Waals surface area contributed by atoms with Crippen LogP contribution in [0.5, 0.6) is 11.6 Å². The molecule has 8 rings (SSSR count). The first-order valence-electron chi connectivity index (χ1n) is 23.6. The lowest BCUT2D eigenvalue weighted by molar-refractivity contribution is -0.257. The van der Waals surface area contributed by atoms with Crippen molar-refractivity contribution >= 4 is 50.1 Å². The molecule has 4 heterocycles. The van der Waals surface area contributed by atoms with Crippen LogP contribution < -0.4 is 19.1 Å². The van der Waals surface area contributed by atoms with Crippen molar-refractivity contribution in [3.05, 3.63) is 60.7 Å². The van der Waals surface area contributed by atoms with Gasteiger partial charge in [-0.25, -0.2) is 13.4 Å². The van der Waals surface area contributed by atoms with Crippen molar-refractivity contribution in [1.29, 1.82) is 0 Å². The molecular weight excluding hydrogens is 906 g/mol. The molecule has 1 N–H and O–H groups in total. The van der Waals surface area contributed by atoms with Crippen LogP contribution in [0.1, 0.15) is 85.5 Å². The molecule has 2 aromatic carbocycles. The smallest absolute Gasteiger partial charge is 0.427 e. The quantitative estimate of drug-likeness (QED) is 0.148. The third-order valence-electron chi connectivity index (χ3n) is 14.4. The van der Waals surface area contributed by atoms with Crippen molar-refractivity contribution in [2.24, 2.45) is 29.1 Å². The zero-order valence-electron chi connectivity index (χ0n) is 39.2. The molecule has 1 aromatic heterocycles. The summed E-state index contributed by atoms with van der Waals surface area (Å²) in [6, 6.07) is 14.1. The van der Waals surface area contributed by atoms with Crippen LogP contribution in [0.2, 0.25) is 0 Å².